The van der Waals surface area contributed by atoms with Gasteiger partial charge in [0, 0.05) is 32.7 Å². The van der Waals surface area contributed by atoms with Gasteiger partial charge < -0.3 is 9.64 Å². The maximum Gasteiger partial charge on any atom is 0.225 e. The van der Waals surface area contributed by atoms with Gasteiger partial charge in [-0.15, -0.1) is 0 Å². The zero-order chi connectivity index (χ0) is 16.8. The third-order valence-electron chi connectivity index (χ3n) is 4.92. The highest BCUT2D eigenvalue weighted by Crippen LogP contribution is 2.21. The number of carbonyl (C=O) groups is 1. The van der Waals surface area contributed by atoms with Crippen LogP contribution in [0.1, 0.15) is 18.4 Å². The first kappa shape index (κ1) is 17.8. The minimum Gasteiger partial charge on any atom is -0.375 e. The number of ether oxygens (including phenoxy) is 1. The molecule has 2 heterocycles. The summed E-state index contributed by atoms with van der Waals surface area (Å²) in [5.74, 6) is 2.10. The second kappa shape index (κ2) is 8.88. The molecule has 0 spiro atoms. The maximum absolute atomic E-state index is 12.5. The predicted octanol–water partition coefficient (Wildman–Crippen LogP) is 2.49. The van der Waals surface area contributed by atoms with Crippen molar-refractivity contribution in [3.8, 4) is 0 Å². The molecule has 3 rings (SSSR count). The summed E-state index contributed by atoms with van der Waals surface area (Å²) in [6.07, 6.45) is 3.85. The van der Waals surface area contributed by atoms with Crippen molar-refractivity contribution in [2.75, 3.05) is 44.8 Å². The van der Waals surface area contributed by atoms with Gasteiger partial charge >= 0.3 is 0 Å². The number of amides is 1. The lowest BCUT2D eigenvalue weighted by Crippen LogP contribution is -2.44. The van der Waals surface area contributed by atoms with E-state index in [1.807, 2.05) is 22.7 Å². The van der Waals surface area contributed by atoms with Crippen LogP contribution in [0, 0.1) is 5.92 Å². The van der Waals surface area contributed by atoms with E-state index >= 15 is 0 Å². The quantitative estimate of drug-likeness (QED) is 0.791. The summed E-state index contributed by atoms with van der Waals surface area (Å²) in [5, 5.41) is 0. The smallest absolute Gasteiger partial charge is 0.225 e. The summed E-state index contributed by atoms with van der Waals surface area (Å²) in [6, 6.07) is 10.5. The zero-order valence-corrected chi connectivity index (χ0v) is 15.3. The molecule has 1 amide bonds. The number of rotatable bonds is 6. The maximum atomic E-state index is 12.5. The van der Waals surface area contributed by atoms with Gasteiger partial charge in [0.1, 0.15) is 0 Å². The standard InChI is InChI=1S/C19H28N2O2S/c1-24-15-17-7-8-21(13-17)19(22)11-18-14-20(9-10-23-18)12-16-5-3-2-4-6-16/h2-6,17-18H,7-15H2,1H3/t17-,18-/m1/s1. The largest absolute Gasteiger partial charge is 0.375 e. The predicted molar refractivity (Wildman–Crippen MR) is 99.1 cm³/mol. The van der Waals surface area contributed by atoms with Crippen LogP contribution in [-0.2, 0) is 16.1 Å². The number of morpholine rings is 1. The number of carbonyl (C=O) groups excluding carboxylic acids is 1. The lowest BCUT2D eigenvalue weighted by Gasteiger charge is -2.33. The number of nitrogens with zero attached hydrogens (tertiary/aromatic N) is 2. The molecule has 2 fully saturated rings. The first-order valence-corrected chi connectivity index (χ1v) is 10.3. The molecular weight excluding hydrogens is 320 g/mol. The van der Waals surface area contributed by atoms with Crippen molar-refractivity contribution < 1.29 is 9.53 Å². The van der Waals surface area contributed by atoms with Crippen LogP contribution in [0.15, 0.2) is 30.3 Å². The minimum absolute atomic E-state index is 0.0366. The lowest BCUT2D eigenvalue weighted by molar-refractivity contribution is -0.135. The second-order valence-electron chi connectivity index (χ2n) is 6.87. The van der Waals surface area contributed by atoms with Crippen LogP contribution in [0.2, 0.25) is 0 Å². The van der Waals surface area contributed by atoms with E-state index in [1.165, 1.54) is 5.56 Å². The molecule has 0 N–H and O–H groups in total. The summed E-state index contributed by atoms with van der Waals surface area (Å²) in [5.41, 5.74) is 1.32. The molecule has 0 aromatic heterocycles. The Morgan fingerprint density at radius 1 is 1.25 bits per heavy atom. The molecule has 1 aromatic rings. The highest BCUT2D eigenvalue weighted by Gasteiger charge is 2.29. The molecule has 5 heteroatoms. The number of likely N-dealkylation sites (tertiary alicyclic amines) is 1. The van der Waals surface area contributed by atoms with Gasteiger partial charge in [-0.2, -0.15) is 11.8 Å². The van der Waals surface area contributed by atoms with E-state index in [9.17, 15) is 4.79 Å². The molecule has 1 aromatic carbocycles. The topological polar surface area (TPSA) is 32.8 Å². The summed E-state index contributed by atoms with van der Waals surface area (Å²) in [7, 11) is 0. The van der Waals surface area contributed by atoms with E-state index in [4.69, 9.17) is 4.74 Å². The van der Waals surface area contributed by atoms with E-state index in [-0.39, 0.29) is 12.0 Å². The monoisotopic (exact) mass is 348 g/mol. The van der Waals surface area contributed by atoms with Gasteiger partial charge in [-0.3, -0.25) is 9.69 Å². The summed E-state index contributed by atoms with van der Waals surface area (Å²) in [6.45, 7) is 5.31. The first-order chi connectivity index (χ1) is 11.7. The van der Waals surface area contributed by atoms with Crippen molar-refractivity contribution >= 4 is 17.7 Å². The minimum atomic E-state index is 0.0366. The molecule has 4 nitrogen and oxygen atoms in total. The van der Waals surface area contributed by atoms with Gasteiger partial charge in [-0.05, 0) is 29.9 Å². The Hall–Kier alpha value is -1.04. The molecule has 0 saturated carbocycles. The van der Waals surface area contributed by atoms with Crippen molar-refractivity contribution in [3.05, 3.63) is 35.9 Å². The molecule has 132 valence electrons. The Morgan fingerprint density at radius 3 is 2.88 bits per heavy atom. The fourth-order valence-corrected chi connectivity index (χ4v) is 4.39. The highest BCUT2D eigenvalue weighted by atomic mass is 32.2. The molecule has 24 heavy (non-hydrogen) atoms. The van der Waals surface area contributed by atoms with Crippen LogP contribution in [0.25, 0.3) is 0 Å². The SMILES string of the molecule is CSC[C@@H]1CCN(C(=O)C[C@@H]2CN(Cc3ccccc3)CCO2)C1. The third-order valence-corrected chi connectivity index (χ3v) is 5.72. The second-order valence-corrected chi connectivity index (χ2v) is 7.78. The molecule has 0 unspecified atom stereocenters. The van der Waals surface area contributed by atoms with Gasteiger partial charge in [0.25, 0.3) is 0 Å². The van der Waals surface area contributed by atoms with Crippen molar-refractivity contribution in [1.29, 1.82) is 0 Å². The fraction of sp³-hybridized carbons (Fsp3) is 0.632. The summed E-state index contributed by atoms with van der Waals surface area (Å²) >= 11 is 1.88. The summed E-state index contributed by atoms with van der Waals surface area (Å²) in [4.78, 5) is 17.0. The highest BCUT2D eigenvalue weighted by molar-refractivity contribution is 7.98. The molecule has 2 atom stereocenters. The molecule has 0 aliphatic carbocycles. The third kappa shape index (κ3) is 4.98. The van der Waals surface area contributed by atoms with E-state index in [2.05, 4.69) is 35.4 Å². The van der Waals surface area contributed by atoms with Gasteiger partial charge in [0.05, 0.1) is 19.1 Å². The Bertz CT molecular complexity index is 525. The van der Waals surface area contributed by atoms with Crippen molar-refractivity contribution in [1.82, 2.24) is 9.80 Å². The molecular formula is C19H28N2O2S. The zero-order valence-electron chi connectivity index (χ0n) is 14.5. The molecule has 0 bridgehead atoms. The first-order valence-electron chi connectivity index (χ1n) is 8.89. The van der Waals surface area contributed by atoms with Gasteiger partial charge in [-0.1, -0.05) is 30.3 Å². The van der Waals surface area contributed by atoms with Crippen molar-refractivity contribution in [3.63, 3.8) is 0 Å². The fourth-order valence-electron chi connectivity index (χ4n) is 3.64. The Balaban J connectivity index is 1.46. The summed E-state index contributed by atoms with van der Waals surface area (Å²) < 4.78 is 5.86. The Morgan fingerprint density at radius 2 is 2.08 bits per heavy atom. The van der Waals surface area contributed by atoms with Crippen LogP contribution < -0.4 is 0 Å². The lowest BCUT2D eigenvalue weighted by atomic mass is 10.1. The molecule has 2 aliphatic rings. The van der Waals surface area contributed by atoms with E-state index < -0.39 is 0 Å². The van der Waals surface area contributed by atoms with E-state index in [0.29, 0.717) is 12.3 Å². The molecule has 0 radical (unpaired) electrons. The van der Waals surface area contributed by atoms with Crippen LogP contribution in [0.5, 0.6) is 0 Å². The Kier molecular flexibility index (Phi) is 6.58. The van der Waals surface area contributed by atoms with Gasteiger partial charge in [0.2, 0.25) is 5.91 Å². The molecule has 2 saturated heterocycles. The normalized spacial score (nSPS) is 25.1. The average molecular weight is 349 g/mol. The van der Waals surface area contributed by atoms with Gasteiger partial charge in [-0.25, -0.2) is 0 Å². The van der Waals surface area contributed by atoms with E-state index in [1.54, 1.807) is 0 Å². The Labute approximate surface area is 149 Å². The molecule has 2 aliphatic heterocycles. The van der Waals surface area contributed by atoms with Crippen LogP contribution in [0.3, 0.4) is 0 Å². The van der Waals surface area contributed by atoms with E-state index in [0.717, 1.165) is 51.5 Å². The average Bonchev–Trinajstić information content (AvgIpc) is 3.05. The number of hydrogen-bond donors (Lipinski definition) is 0. The van der Waals surface area contributed by atoms with Crippen LogP contribution >= 0.6 is 11.8 Å². The van der Waals surface area contributed by atoms with Crippen molar-refractivity contribution in [2.24, 2.45) is 5.92 Å². The van der Waals surface area contributed by atoms with Gasteiger partial charge in [0.15, 0.2) is 0 Å². The number of hydrogen-bond acceptors (Lipinski definition) is 4. The van der Waals surface area contributed by atoms with Crippen LogP contribution in [-0.4, -0.2) is 66.6 Å². The van der Waals surface area contributed by atoms with Crippen LogP contribution in [0.4, 0.5) is 0 Å². The number of benzene rings is 1. The number of thioether (sulfide) groups is 1. The van der Waals surface area contributed by atoms with Crippen molar-refractivity contribution in [2.45, 2.75) is 25.5 Å².